The molecule has 0 atom stereocenters. The molecule has 5 rings (SSSR count). The average Bonchev–Trinajstić information content (AvgIpc) is 2.98. The van der Waals surface area contributed by atoms with Gasteiger partial charge < -0.3 is 0 Å². The molecule has 1 aliphatic carbocycles. The molecule has 31 heavy (non-hydrogen) atoms. The van der Waals surface area contributed by atoms with E-state index in [4.69, 9.17) is 0 Å². The van der Waals surface area contributed by atoms with Crippen LogP contribution in [-0.2, 0) is 5.41 Å². The third kappa shape index (κ3) is 2.89. The van der Waals surface area contributed by atoms with Crippen LogP contribution in [0.15, 0.2) is 48.8 Å². The monoisotopic (exact) mass is 406 g/mol. The lowest BCUT2D eigenvalue weighted by molar-refractivity contribution is 0.660. The van der Waals surface area contributed by atoms with Crippen LogP contribution < -0.4 is 0 Å². The van der Waals surface area contributed by atoms with Crippen LogP contribution in [0.2, 0.25) is 0 Å². The predicted molar refractivity (Wildman–Crippen MR) is 125 cm³/mol. The number of benzene rings is 2. The van der Waals surface area contributed by atoms with Gasteiger partial charge >= 0.3 is 0 Å². The lowest BCUT2D eigenvalue weighted by atomic mass is 9.81. The van der Waals surface area contributed by atoms with Crippen molar-refractivity contribution in [3.05, 3.63) is 82.2 Å². The molecular weight excluding hydrogens is 380 g/mol. The molecule has 2 heterocycles. The molecule has 4 aromatic rings. The fraction of sp³-hybridized carbons (Fsp3) is 0.259. The van der Waals surface area contributed by atoms with Gasteiger partial charge in [-0.3, -0.25) is 0 Å². The minimum Gasteiger partial charge on any atom is -0.158 e. The molecule has 0 amide bonds. The van der Waals surface area contributed by atoms with Crippen molar-refractivity contribution in [3.8, 4) is 33.6 Å². The smallest absolute Gasteiger partial charge is 0.0961 e. The van der Waals surface area contributed by atoms with Crippen molar-refractivity contribution < 1.29 is 0 Å². The van der Waals surface area contributed by atoms with Crippen molar-refractivity contribution in [3.63, 3.8) is 0 Å². The normalized spacial score (nSPS) is 13.7. The second-order valence-electron chi connectivity index (χ2n) is 9.15. The van der Waals surface area contributed by atoms with Gasteiger partial charge in [0.1, 0.15) is 0 Å². The summed E-state index contributed by atoms with van der Waals surface area (Å²) in [5.41, 5.74) is 14.0. The molecule has 0 saturated heterocycles. The number of rotatable bonds is 2. The average molecular weight is 407 g/mol. The van der Waals surface area contributed by atoms with E-state index in [-0.39, 0.29) is 5.41 Å². The summed E-state index contributed by atoms with van der Waals surface area (Å²) >= 11 is 0. The van der Waals surface area contributed by atoms with Gasteiger partial charge in [0.05, 0.1) is 23.8 Å². The second kappa shape index (κ2) is 6.81. The van der Waals surface area contributed by atoms with E-state index in [1.54, 1.807) is 0 Å². The summed E-state index contributed by atoms with van der Waals surface area (Å²) in [5, 5.41) is 17.3. The first-order chi connectivity index (χ1) is 14.8. The van der Waals surface area contributed by atoms with Gasteiger partial charge in [-0.05, 0) is 84.3 Å². The van der Waals surface area contributed by atoms with Crippen molar-refractivity contribution in [1.29, 1.82) is 0 Å². The van der Waals surface area contributed by atoms with Crippen LogP contribution in [0, 0.1) is 27.7 Å². The predicted octanol–water partition coefficient (Wildman–Crippen LogP) is 6.14. The van der Waals surface area contributed by atoms with E-state index in [0.29, 0.717) is 0 Å². The van der Waals surface area contributed by atoms with E-state index < -0.39 is 0 Å². The topological polar surface area (TPSA) is 51.6 Å². The molecular formula is C27H26N4. The minimum absolute atomic E-state index is 0.118. The molecule has 154 valence electrons. The quantitative estimate of drug-likeness (QED) is 0.401. The Balaban J connectivity index is 1.65. The van der Waals surface area contributed by atoms with Gasteiger partial charge in [-0.1, -0.05) is 38.1 Å². The van der Waals surface area contributed by atoms with E-state index in [9.17, 15) is 0 Å². The highest BCUT2D eigenvalue weighted by molar-refractivity contribution is 5.85. The van der Waals surface area contributed by atoms with Crippen LogP contribution >= 0.6 is 0 Å². The van der Waals surface area contributed by atoms with Crippen molar-refractivity contribution in [2.75, 3.05) is 0 Å². The zero-order valence-corrected chi connectivity index (χ0v) is 18.9. The van der Waals surface area contributed by atoms with Crippen LogP contribution in [0.5, 0.6) is 0 Å². The molecule has 0 fully saturated rings. The number of nitrogens with zero attached hydrogens (tertiary/aromatic N) is 4. The molecule has 2 aromatic heterocycles. The third-order valence-electron chi connectivity index (χ3n) is 6.93. The van der Waals surface area contributed by atoms with Gasteiger partial charge in [0.25, 0.3) is 0 Å². The van der Waals surface area contributed by atoms with E-state index in [2.05, 4.69) is 98.3 Å². The molecule has 0 saturated carbocycles. The molecule has 2 aromatic carbocycles. The van der Waals surface area contributed by atoms with Crippen LogP contribution in [0.4, 0.5) is 0 Å². The molecule has 0 radical (unpaired) electrons. The summed E-state index contributed by atoms with van der Waals surface area (Å²) in [6.45, 7) is 13.0. The number of aryl methyl sites for hydroxylation is 2. The lowest BCUT2D eigenvalue weighted by Crippen LogP contribution is -2.15. The highest BCUT2D eigenvalue weighted by atomic mass is 15.1. The van der Waals surface area contributed by atoms with Gasteiger partial charge in [-0.15, -0.1) is 0 Å². The number of hydrogen-bond donors (Lipinski definition) is 0. The lowest BCUT2D eigenvalue weighted by Gasteiger charge is -2.22. The summed E-state index contributed by atoms with van der Waals surface area (Å²) in [7, 11) is 0. The molecule has 0 unspecified atom stereocenters. The minimum atomic E-state index is -0.118. The molecule has 4 nitrogen and oxygen atoms in total. The van der Waals surface area contributed by atoms with Crippen LogP contribution in [0.1, 0.15) is 47.2 Å². The van der Waals surface area contributed by atoms with Gasteiger partial charge in [-0.25, -0.2) is 0 Å². The molecule has 0 bridgehead atoms. The Morgan fingerprint density at radius 1 is 0.613 bits per heavy atom. The molecule has 4 heteroatoms. The van der Waals surface area contributed by atoms with Crippen molar-refractivity contribution in [2.45, 2.75) is 47.0 Å². The van der Waals surface area contributed by atoms with Crippen molar-refractivity contribution in [1.82, 2.24) is 20.4 Å². The molecule has 1 aliphatic rings. The maximum Gasteiger partial charge on any atom is 0.0961 e. The zero-order valence-electron chi connectivity index (χ0n) is 18.9. The molecule has 0 N–H and O–H groups in total. The van der Waals surface area contributed by atoms with Crippen molar-refractivity contribution in [2.24, 2.45) is 0 Å². The Kier molecular flexibility index (Phi) is 4.30. The van der Waals surface area contributed by atoms with Crippen LogP contribution in [-0.4, -0.2) is 20.4 Å². The zero-order chi connectivity index (χ0) is 21.9. The van der Waals surface area contributed by atoms with E-state index in [0.717, 1.165) is 33.6 Å². The van der Waals surface area contributed by atoms with E-state index >= 15 is 0 Å². The third-order valence-corrected chi connectivity index (χ3v) is 6.93. The summed E-state index contributed by atoms with van der Waals surface area (Å²) in [6.07, 6.45) is 3.65. The molecule has 0 spiro atoms. The summed E-state index contributed by atoms with van der Waals surface area (Å²) in [4.78, 5) is 0. The highest BCUT2D eigenvalue weighted by Crippen LogP contribution is 2.50. The van der Waals surface area contributed by atoms with Crippen molar-refractivity contribution >= 4 is 0 Å². The van der Waals surface area contributed by atoms with Crippen LogP contribution in [0.25, 0.3) is 33.6 Å². The number of aromatic nitrogens is 4. The maximum absolute atomic E-state index is 4.44. The largest absolute Gasteiger partial charge is 0.158 e. The van der Waals surface area contributed by atoms with Gasteiger partial charge in [0.15, 0.2) is 0 Å². The number of hydrogen-bond acceptors (Lipinski definition) is 4. The van der Waals surface area contributed by atoms with Gasteiger partial charge in [-0.2, -0.15) is 20.4 Å². The Labute approximate surface area is 183 Å². The number of fused-ring (bicyclic) bond motifs is 3. The summed E-state index contributed by atoms with van der Waals surface area (Å²) in [6, 6.07) is 13.4. The Morgan fingerprint density at radius 3 is 1.45 bits per heavy atom. The van der Waals surface area contributed by atoms with E-state index in [1.807, 2.05) is 12.4 Å². The molecule has 0 aliphatic heterocycles. The van der Waals surface area contributed by atoms with E-state index in [1.165, 1.54) is 33.4 Å². The Hall–Kier alpha value is -3.40. The first-order valence-electron chi connectivity index (χ1n) is 10.7. The summed E-state index contributed by atoms with van der Waals surface area (Å²) in [5.74, 6) is 0. The fourth-order valence-electron chi connectivity index (χ4n) is 4.64. The first kappa shape index (κ1) is 19.6. The standard InChI is InChI=1S/C27H26N4/c1-15-13-28-30-25(17(15)3)19-7-9-21-22-10-8-20(26-18(4)16(2)14-29-31-26)12-24(22)27(5,6)23(21)11-19/h7-14H,1-6H3. The van der Waals surface area contributed by atoms with Crippen LogP contribution in [0.3, 0.4) is 0 Å². The van der Waals surface area contributed by atoms with Gasteiger partial charge in [0.2, 0.25) is 0 Å². The summed E-state index contributed by atoms with van der Waals surface area (Å²) < 4.78 is 0. The SMILES string of the molecule is Cc1cnnc(-c2ccc3c(c2)C(C)(C)c2cc(-c4nncc(C)c4C)ccc2-3)c1C. The second-order valence-corrected chi connectivity index (χ2v) is 9.15. The fourth-order valence-corrected chi connectivity index (χ4v) is 4.64. The Bertz CT molecular complexity index is 1250. The maximum atomic E-state index is 4.44. The Morgan fingerprint density at radius 2 is 1.03 bits per heavy atom. The highest BCUT2D eigenvalue weighted by Gasteiger charge is 2.36. The first-order valence-corrected chi connectivity index (χ1v) is 10.7. The van der Waals surface area contributed by atoms with Gasteiger partial charge in [0, 0.05) is 16.5 Å².